The van der Waals surface area contributed by atoms with E-state index < -0.39 is 32.3 Å². The lowest BCUT2D eigenvalue weighted by Crippen LogP contribution is -2.55. The molecule has 0 saturated heterocycles. The van der Waals surface area contributed by atoms with Gasteiger partial charge in [0.05, 0.1) is 32.3 Å². The van der Waals surface area contributed by atoms with Crippen molar-refractivity contribution in [3.63, 3.8) is 0 Å². The van der Waals surface area contributed by atoms with Gasteiger partial charge in [0.25, 0.3) is 0 Å². The number of hydrogen-bond acceptors (Lipinski definition) is 1. The van der Waals surface area contributed by atoms with E-state index >= 15 is 0 Å². The van der Waals surface area contributed by atoms with Gasteiger partial charge in [-0.2, -0.15) is 0 Å². The first kappa shape index (κ1) is 26.9. The van der Waals surface area contributed by atoms with Crippen LogP contribution in [0.25, 0.3) is 0 Å². The van der Waals surface area contributed by atoms with Crippen LogP contribution in [-0.2, 0) is 0 Å². The van der Waals surface area contributed by atoms with Crippen molar-refractivity contribution >= 4 is 48.7 Å². The Kier molecular flexibility index (Phi) is 9.00. The van der Waals surface area contributed by atoms with Crippen molar-refractivity contribution in [1.29, 1.82) is 0 Å². The number of rotatable bonds is 7. The van der Waals surface area contributed by atoms with Gasteiger partial charge in [-0.25, -0.2) is 0 Å². The predicted molar refractivity (Wildman–Crippen MR) is 142 cm³/mol. The maximum absolute atomic E-state index is 2.97. The van der Waals surface area contributed by atoms with E-state index in [0.29, 0.717) is 12.1 Å². The highest BCUT2D eigenvalue weighted by Gasteiger charge is 2.40. The van der Waals surface area contributed by atoms with Crippen molar-refractivity contribution in [3.8, 4) is 0 Å². The highest BCUT2D eigenvalue weighted by molar-refractivity contribution is 7.81. The van der Waals surface area contributed by atoms with Gasteiger partial charge >= 0.3 is 0 Å². The van der Waals surface area contributed by atoms with Gasteiger partial charge in [0.2, 0.25) is 0 Å². The minimum Gasteiger partial charge on any atom is -0.258 e. The fraction of sp³-hybridized carbons (Fsp3) is 0.900. The Morgan fingerprint density at radius 2 is 0.692 bits per heavy atom. The summed E-state index contributed by atoms with van der Waals surface area (Å²) in [4.78, 5) is 0. The molecule has 0 aromatic carbocycles. The quantitative estimate of drug-likeness (QED) is 0.291. The highest BCUT2D eigenvalue weighted by atomic mass is 31.1. The largest absolute Gasteiger partial charge is 0.258 e. The summed E-state index contributed by atoms with van der Waals surface area (Å²) in [6.07, 6.45) is 0. The van der Waals surface area contributed by atoms with Crippen LogP contribution in [0.2, 0.25) is 78.6 Å². The summed E-state index contributed by atoms with van der Waals surface area (Å²) in [5.41, 5.74) is 0. The monoisotopic (exact) mass is 447 g/mol. The van der Waals surface area contributed by atoms with Crippen molar-refractivity contribution in [2.24, 2.45) is 0 Å². The standard InChI is InChI=1S/C20H50NPSi4/c1-17(2)21(18(3)4)22(19(23(5,6)7)24(8,9)10)20(25(11,12)13)26(14,15)16/h17-18H,1-16H3. The molecule has 0 heterocycles. The summed E-state index contributed by atoms with van der Waals surface area (Å²) < 4.78 is 7.11. The van der Waals surface area contributed by atoms with E-state index in [9.17, 15) is 0 Å². The molecule has 0 bridgehead atoms. The number of nitrogens with zero attached hydrogens (tertiary/aromatic N) is 1. The van der Waals surface area contributed by atoms with Crippen LogP contribution in [0, 0.1) is 0 Å². The molecule has 0 aromatic heterocycles. The van der Waals surface area contributed by atoms with E-state index in [0.717, 1.165) is 0 Å². The van der Waals surface area contributed by atoms with Gasteiger partial charge in [-0.15, -0.1) is 0 Å². The molecule has 0 N–H and O–H groups in total. The molecule has 0 aliphatic rings. The van der Waals surface area contributed by atoms with Crippen molar-refractivity contribution in [1.82, 2.24) is 4.67 Å². The Morgan fingerprint density at radius 1 is 0.500 bits per heavy atom. The maximum Gasteiger partial charge on any atom is 0.0742 e. The molecule has 0 fully saturated rings. The molecule has 0 aromatic rings. The van der Waals surface area contributed by atoms with Crippen LogP contribution in [0.1, 0.15) is 27.7 Å². The van der Waals surface area contributed by atoms with E-state index in [1.165, 1.54) is 0 Å². The SMILES string of the molecule is CC(C)N(C(C)C)P(=C([Si](C)(C)C)[Si](C)(C)C)=C([Si](C)(C)C)[Si](C)(C)C. The van der Waals surface area contributed by atoms with Gasteiger partial charge in [0.15, 0.2) is 0 Å². The van der Waals surface area contributed by atoms with Crippen LogP contribution in [0.4, 0.5) is 0 Å². The molecule has 156 valence electrons. The van der Waals surface area contributed by atoms with Crippen LogP contribution in [0.5, 0.6) is 0 Å². The summed E-state index contributed by atoms with van der Waals surface area (Å²) in [6.45, 7) is 41.3. The Balaban J connectivity index is 7.95. The van der Waals surface area contributed by atoms with E-state index in [1.807, 2.05) is 0 Å². The first-order chi connectivity index (χ1) is 11.1. The van der Waals surface area contributed by atoms with Gasteiger partial charge in [0, 0.05) is 12.1 Å². The molecule has 0 spiro atoms. The normalized spacial score (nSPS) is 14.4. The van der Waals surface area contributed by atoms with Gasteiger partial charge in [-0.05, 0) is 27.7 Å². The second-order valence-electron chi connectivity index (χ2n) is 12.6. The highest BCUT2D eigenvalue weighted by Crippen LogP contribution is 2.39. The first-order valence-corrected chi connectivity index (χ1v) is 25.8. The zero-order valence-corrected chi connectivity index (χ0v) is 25.9. The Hall–Kier alpha value is 0.868. The summed E-state index contributed by atoms with van der Waals surface area (Å²) >= 11 is 0. The third-order valence-corrected chi connectivity index (χ3v) is 32.1. The Labute approximate surface area is 171 Å². The molecular formula is C20H50NPSi4. The van der Waals surface area contributed by atoms with Crippen LogP contribution >= 0.6 is 7.32 Å². The fourth-order valence-corrected chi connectivity index (χ4v) is 38.8. The fourth-order valence-electron chi connectivity index (χ4n) is 4.92. The molecule has 1 nitrogen and oxygen atoms in total. The second-order valence-corrected chi connectivity index (χ2v) is 37.2. The van der Waals surface area contributed by atoms with Crippen molar-refractivity contribution < 1.29 is 0 Å². The molecule has 0 radical (unpaired) electrons. The molecular weight excluding hydrogens is 398 g/mol. The summed E-state index contributed by atoms with van der Waals surface area (Å²) in [7, 11) is -5.75. The van der Waals surface area contributed by atoms with Gasteiger partial charge < -0.3 is 0 Å². The Bertz CT molecular complexity index is 493. The average molecular weight is 448 g/mol. The average Bonchev–Trinajstić information content (AvgIpc) is 2.17. The predicted octanol–water partition coefficient (Wildman–Crippen LogP) is 7.36. The molecule has 0 aliphatic heterocycles. The molecule has 0 saturated carbocycles. The molecule has 6 heteroatoms. The zero-order valence-electron chi connectivity index (χ0n) is 21.0. The van der Waals surface area contributed by atoms with Crippen molar-refractivity contribution in [3.05, 3.63) is 0 Å². The smallest absolute Gasteiger partial charge is 0.0742 e. The second kappa shape index (κ2) is 8.70. The molecule has 0 rings (SSSR count). The van der Waals surface area contributed by atoms with E-state index in [4.69, 9.17) is 0 Å². The zero-order chi connectivity index (χ0) is 21.5. The first-order valence-electron chi connectivity index (χ1n) is 10.5. The third-order valence-electron chi connectivity index (χ3n) is 4.55. The lowest BCUT2D eigenvalue weighted by atomic mass is 10.3. The maximum atomic E-state index is 2.97. The minimum absolute atomic E-state index is 0.269. The lowest BCUT2D eigenvalue weighted by Gasteiger charge is -2.43. The van der Waals surface area contributed by atoms with Crippen LogP contribution in [0.15, 0.2) is 0 Å². The van der Waals surface area contributed by atoms with Gasteiger partial charge in [0.1, 0.15) is 0 Å². The lowest BCUT2D eigenvalue weighted by molar-refractivity contribution is 0.332. The Morgan fingerprint density at radius 3 is 0.808 bits per heavy atom. The minimum atomic E-state index is -1.37. The third kappa shape index (κ3) is 7.04. The molecule has 0 aliphatic carbocycles. The van der Waals surface area contributed by atoms with Crippen LogP contribution in [0.3, 0.4) is 0 Å². The summed E-state index contributed by atoms with van der Waals surface area (Å²) in [6, 6.07) is 1.23. The van der Waals surface area contributed by atoms with Crippen molar-refractivity contribution in [2.45, 2.75) is 118 Å². The number of hydrogen-bond donors (Lipinski definition) is 0. The van der Waals surface area contributed by atoms with Gasteiger partial charge in [-0.3, -0.25) is 4.67 Å². The van der Waals surface area contributed by atoms with Crippen LogP contribution in [-0.4, -0.2) is 58.1 Å². The van der Waals surface area contributed by atoms with Gasteiger partial charge in [-0.1, -0.05) is 95.0 Å². The summed E-state index contributed by atoms with van der Waals surface area (Å²) in [5, 5.41) is 0. The molecule has 0 unspecified atom stereocenters. The van der Waals surface area contributed by atoms with E-state index in [1.54, 1.807) is 0 Å². The van der Waals surface area contributed by atoms with Crippen LogP contribution < -0.4 is 0 Å². The van der Waals surface area contributed by atoms with E-state index in [2.05, 4.69) is 120 Å². The van der Waals surface area contributed by atoms with E-state index in [-0.39, 0.29) is 7.32 Å². The topological polar surface area (TPSA) is 3.24 Å². The molecule has 0 amide bonds. The molecule has 0 atom stereocenters. The molecule has 26 heavy (non-hydrogen) atoms. The summed E-state index contributed by atoms with van der Waals surface area (Å²) in [5.74, 6) is 0. The van der Waals surface area contributed by atoms with Crippen molar-refractivity contribution in [2.75, 3.05) is 0 Å².